The van der Waals surface area contributed by atoms with E-state index in [9.17, 15) is 5.21 Å². The molecular weight excluding hydrogens is 306 g/mol. The molecule has 1 aliphatic rings. The lowest BCUT2D eigenvalue weighted by Gasteiger charge is -2.33. The maximum absolute atomic E-state index is 11.8. The Morgan fingerprint density at radius 1 is 0.870 bits per heavy atom. The van der Waals surface area contributed by atoms with Crippen LogP contribution in [0.4, 0.5) is 0 Å². The van der Waals surface area contributed by atoms with Gasteiger partial charge in [-0.15, -0.1) is 12.4 Å². The normalized spacial score (nSPS) is 12.7. The molecule has 2 nitrogen and oxygen atoms in total. The summed E-state index contributed by atoms with van der Waals surface area (Å²) in [6, 6.07) is 16.9. The van der Waals surface area contributed by atoms with Crippen LogP contribution in [-0.4, -0.2) is 25.3 Å². The van der Waals surface area contributed by atoms with Gasteiger partial charge in [0.05, 0.1) is 20.6 Å². The molecule has 0 saturated heterocycles. The van der Waals surface area contributed by atoms with Crippen LogP contribution in [0.15, 0.2) is 54.6 Å². The Balaban J connectivity index is 0.00000192. The smallest absolute Gasteiger partial charge is 0.0815 e. The third-order valence-electron chi connectivity index (χ3n) is 3.96. The number of hydrogen-bond acceptors (Lipinski definition) is 1. The van der Waals surface area contributed by atoms with Crippen molar-refractivity contribution >= 4 is 30.1 Å². The number of hydroxylamine groups is 3. The van der Waals surface area contributed by atoms with Crippen molar-refractivity contribution in [3.8, 4) is 0 Å². The van der Waals surface area contributed by atoms with Crippen molar-refractivity contribution in [1.29, 1.82) is 0 Å². The Kier molecular flexibility index (Phi) is 5.42. The summed E-state index contributed by atoms with van der Waals surface area (Å²) >= 11 is 0. The summed E-state index contributed by atoms with van der Waals surface area (Å²) < 4.78 is -0.259. The van der Waals surface area contributed by atoms with Crippen molar-refractivity contribution in [3.05, 3.63) is 82.1 Å². The largest absolute Gasteiger partial charge is 0.633 e. The topological polar surface area (TPSA) is 23.1 Å². The molecular formula is C20H22ClNO. The molecule has 0 unspecified atom stereocenters. The number of quaternary nitrogens is 1. The van der Waals surface area contributed by atoms with Crippen molar-refractivity contribution in [1.82, 2.24) is 0 Å². The number of halogens is 1. The van der Waals surface area contributed by atoms with Gasteiger partial charge in [-0.3, -0.25) is 0 Å². The molecule has 0 bridgehead atoms. The molecule has 0 heterocycles. The van der Waals surface area contributed by atoms with Crippen molar-refractivity contribution in [2.45, 2.75) is 6.42 Å². The third kappa shape index (κ3) is 4.11. The quantitative estimate of drug-likeness (QED) is 0.491. The van der Waals surface area contributed by atoms with Gasteiger partial charge < -0.3 is 9.85 Å². The van der Waals surface area contributed by atoms with E-state index in [0.717, 1.165) is 6.42 Å². The molecule has 0 spiro atoms. The molecule has 0 fully saturated rings. The Morgan fingerprint density at radius 2 is 1.35 bits per heavy atom. The molecule has 0 atom stereocenters. The van der Waals surface area contributed by atoms with Gasteiger partial charge in [0.1, 0.15) is 0 Å². The summed E-state index contributed by atoms with van der Waals surface area (Å²) in [7, 11) is 3.38. The lowest BCUT2D eigenvalue weighted by Crippen LogP contribution is -2.32. The molecule has 0 N–H and O–H groups in total. The van der Waals surface area contributed by atoms with E-state index in [2.05, 4.69) is 66.8 Å². The van der Waals surface area contributed by atoms with Gasteiger partial charge in [-0.25, -0.2) is 0 Å². The number of benzene rings is 2. The molecule has 3 rings (SSSR count). The van der Waals surface area contributed by atoms with E-state index in [0.29, 0.717) is 6.54 Å². The van der Waals surface area contributed by atoms with Crippen molar-refractivity contribution in [3.63, 3.8) is 0 Å². The van der Waals surface area contributed by atoms with E-state index in [1.807, 2.05) is 0 Å². The van der Waals surface area contributed by atoms with E-state index in [-0.39, 0.29) is 17.1 Å². The number of fused-ring (bicyclic) bond motifs is 2. The maximum Gasteiger partial charge on any atom is 0.0815 e. The number of hydrogen-bond donors (Lipinski definition) is 0. The molecule has 0 radical (unpaired) electrons. The zero-order valence-electron chi connectivity index (χ0n) is 13.5. The minimum Gasteiger partial charge on any atom is -0.633 e. The number of rotatable bonds is 3. The molecule has 2 aromatic rings. The lowest BCUT2D eigenvalue weighted by atomic mass is 9.93. The molecule has 0 aromatic heterocycles. The second-order valence-electron chi connectivity index (χ2n) is 6.21. The van der Waals surface area contributed by atoms with Gasteiger partial charge in [0.2, 0.25) is 0 Å². The van der Waals surface area contributed by atoms with Crippen LogP contribution < -0.4 is 0 Å². The highest BCUT2D eigenvalue weighted by Crippen LogP contribution is 2.33. The third-order valence-corrected chi connectivity index (χ3v) is 3.96. The van der Waals surface area contributed by atoms with E-state index in [1.54, 1.807) is 14.1 Å². The van der Waals surface area contributed by atoms with Gasteiger partial charge in [-0.2, -0.15) is 0 Å². The fourth-order valence-corrected chi connectivity index (χ4v) is 2.84. The Morgan fingerprint density at radius 3 is 1.83 bits per heavy atom. The molecule has 0 saturated carbocycles. The predicted octanol–water partition coefficient (Wildman–Crippen LogP) is 4.99. The zero-order chi connectivity index (χ0) is 15.6. The van der Waals surface area contributed by atoms with E-state index in [1.165, 1.54) is 27.8 Å². The summed E-state index contributed by atoms with van der Waals surface area (Å²) in [6.45, 7) is 0.585. The maximum atomic E-state index is 11.8. The van der Waals surface area contributed by atoms with Gasteiger partial charge >= 0.3 is 0 Å². The van der Waals surface area contributed by atoms with Crippen molar-refractivity contribution < 1.29 is 4.65 Å². The first kappa shape index (κ1) is 17.5. The average Bonchev–Trinajstić information content (AvgIpc) is 2.64. The first-order valence-electron chi connectivity index (χ1n) is 7.66. The lowest BCUT2D eigenvalue weighted by molar-refractivity contribution is -0.839. The SMILES string of the molecule is C[N+](C)([O-])CCC=C1c2ccccc2C=Cc2ccccc21.Cl. The molecule has 0 amide bonds. The van der Waals surface area contributed by atoms with Crippen molar-refractivity contribution in [2.75, 3.05) is 20.6 Å². The van der Waals surface area contributed by atoms with Crippen LogP contribution in [0.3, 0.4) is 0 Å². The summed E-state index contributed by atoms with van der Waals surface area (Å²) in [5.74, 6) is 0. The highest BCUT2D eigenvalue weighted by Gasteiger charge is 2.14. The minimum absolute atomic E-state index is 0. The summed E-state index contributed by atoms with van der Waals surface area (Å²) in [4.78, 5) is 0. The molecule has 3 heteroatoms. The fourth-order valence-electron chi connectivity index (χ4n) is 2.84. The van der Waals surface area contributed by atoms with E-state index >= 15 is 0 Å². The monoisotopic (exact) mass is 327 g/mol. The Hall–Kier alpha value is -1.87. The van der Waals surface area contributed by atoms with Crippen LogP contribution in [0.25, 0.3) is 17.7 Å². The minimum atomic E-state index is -0.259. The molecule has 23 heavy (non-hydrogen) atoms. The van der Waals surface area contributed by atoms with Crippen molar-refractivity contribution in [2.24, 2.45) is 0 Å². The highest BCUT2D eigenvalue weighted by atomic mass is 35.5. The summed E-state index contributed by atoms with van der Waals surface area (Å²) in [6.07, 6.45) is 7.32. The Bertz CT molecular complexity index is 690. The summed E-state index contributed by atoms with van der Waals surface area (Å²) in [5.41, 5.74) is 6.14. The molecule has 0 aliphatic heterocycles. The van der Waals surface area contributed by atoms with Crippen LogP contribution in [0, 0.1) is 5.21 Å². The second kappa shape index (κ2) is 7.14. The van der Waals surface area contributed by atoms with E-state index in [4.69, 9.17) is 0 Å². The molecule has 1 aliphatic carbocycles. The van der Waals surface area contributed by atoms with Crippen LogP contribution in [0.2, 0.25) is 0 Å². The van der Waals surface area contributed by atoms with Gasteiger partial charge in [-0.1, -0.05) is 66.8 Å². The standard InChI is InChI=1S/C20H21NO.ClH/c1-21(2,22)15-7-12-20-18-10-5-3-8-16(18)13-14-17-9-4-6-11-19(17)20;/h3-6,8-14H,7,15H2,1-2H3;1H. The van der Waals surface area contributed by atoms with Gasteiger partial charge in [0, 0.05) is 6.42 Å². The molecule has 120 valence electrons. The van der Waals surface area contributed by atoms with Crippen LogP contribution >= 0.6 is 12.4 Å². The number of nitrogens with zero attached hydrogens (tertiary/aromatic N) is 1. The van der Waals surface area contributed by atoms with Gasteiger partial charge in [0.15, 0.2) is 0 Å². The van der Waals surface area contributed by atoms with Crippen LogP contribution in [0.5, 0.6) is 0 Å². The Labute approximate surface area is 144 Å². The molecule has 2 aromatic carbocycles. The first-order chi connectivity index (χ1) is 10.5. The summed E-state index contributed by atoms with van der Waals surface area (Å²) in [5, 5.41) is 11.8. The van der Waals surface area contributed by atoms with Gasteiger partial charge in [0.25, 0.3) is 0 Å². The van der Waals surface area contributed by atoms with E-state index < -0.39 is 0 Å². The zero-order valence-corrected chi connectivity index (χ0v) is 14.3. The van der Waals surface area contributed by atoms with Crippen LogP contribution in [-0.2, 0) is 0 Å². The predicted molar refractivity (Wildman–Crippen MR) is 101 cm³/mol. The van der Waals surface area contributed by atoms with Crippen LogP contribution in [0.1, 0.15) is 28.7 Å². The fraction of sp³-hybridized carbons (Fsp3) is 0.200. The first-order valence-corrected chi connectivity index (χ1v) is 7.66. The van der Waals surface area contributed by atoms with Gasteiger partial charge in [-0.05, 0) is 27.8 Å². The highest BCUT2D eigenvalue weighted by molar-refractivity contribution is 5.93. The second-order valence-corrected chi connectivity index (χ2v) is 6.21. The average molecular weight is 328 g/mol.